The fourth-order valence-corrected chi connectivity index (χ4v) is 2.83. The van der Waals surface area contributed by atoms with Crippen LogP contribution in [0.25, 0.3) is 10.6 Å². The molecule has 0 aliphatic carbocycles. The largest absolute Gasteiger partial charge is 0.417 e. The zero-order chi connectivity index (χ0) is 13.3. The Morgan fingerprint density at radius 3 is 2.61 bits per heavy atom. The third-order valence-electron chi connectivity index (χ3n) is 2.20. The van der Waals surface area contributed by atoms with E-state index in [1.807, 2.05) is 0 Å². The molecule has 0 atom stereocenters. The lowest BCUT2D eigenvalue weighted by molar-refractivity contribution is -0.137. The van der Waals surface area contributed by atoms with E-state index in [1.165, 1.54) is 12.3 Å². The Bertz CT molecular complexity index is 568. The summed E-state index contributed by atoms with van der Waals surface area (Å²) in [7, 11) is 0. The van der Waals surface area contributed by atoms with Gasteiger partial charge in [0, 0.05) is 21.1 Å². The molecule has 0 N–H and O–H groups in total. The van der Waals surface area contributed by atoms with Crippen molar-refractivity contribution in [2.24, 2.45) is 0 Å². The number of aromatic nitrogens is 1. The second-order valence-electron chi connectivity index (χ2n) is 3.45. The van der Waals surface area contributed by atoms with Gasteiger partial charge < -0.3 is 0 Å². The van der Waals surface area contributed by atoms with Gasteiger partial charge in [0.05, 0.1) is 11.4 Å². The van der Waals surface area contributed by atoms with Crippen LogP contribution in [0.4, 0.5) is 13.2 Å². The number of hydrogen-bond donors (Lipinski definition) is 0. The number of alkyl halides is 4. The molecule has 7 heteroatoms. The Morgan fingerprint density at radius 1 is 1.33 bits per heavy atom. The van der Waals surface area contributed by atoms with Gasteiger partial charge in [-0.15, -0.1) is 22.9 Å². The van der Waals surface area contributed by atoms with Gasteiger partial charge in [-0.25, -0.2) is 4.98 Å². The molecule has 0 fully saturated rings. The summed E-state index contributed by atoms with van der Waals surface area (Å²) < 4.78 is 39.2. The average Bonchev–Trinajstić information content (AvgIpc) is 2.76. The first-order valence-electron chi connectivity index (χ1n) is 4.79. The summed E-state index contributed by atoms with van der Waals surface area (Å²) in [6, 6.07) is 4.02. The molecule has 2 aromatic rings. The summed E-state index contributed by atoms with van der Waals surface area (Å²) >= 11 is 9.83. The van der Waals surface area contributed by atoms with Crippen molar-refractivity contribution in [3.8, 4) is 10.6 Å². The van der Waals surface area contributed by atoms with Gasteiger partial charge in [0.1, 0.15) is 5.01 Å². The molecule has 0 bridgehead atoms. The van der Waals surface area contributed by atoms with Crippen LogP contribution in [-0.2, 0) is 12.1 Å². The van der Waals surface area contributed by atoms with Crippen molar-refractivity contribution in [3.05, 3.63) is 39.3 Å². The molecule has 18 heavy (non-hydrogen) atoms. The zero-order valence-electron chi connectivity index (χ0n) is 8.76. The molecular weight excluding hydrogens is 351 g/mol. The Morgan fingerprint density at radius 2 is 2.06 bits per heavy atom. The van der Waals surface area contributed by atoms with E-state index in [0.717, 1.165) is 22.3 Å². The SMILES string of the molecule is FC(F)(F)c1cc(Br)ccc1-c1ncc(CCl)s1. The highest BCUT2D eigenvalue weighted by Gasteiger charge is 2.34. The van der Waals surface area contributed by atoms with Crippen LogP contribution in [0.1, 0.15) is 10.4 Å². The first kappa shape index (κ1) is 13.8. The van der Waals surface area contributed by atoms with Crippen LogP contribution < -0.4 is 0 Å². The summed E-state index contributed by atoms with van der Waals surface area (Å²) in [6.07, 6.45) is -2.92. The molecule has 0 radical (unpaired) electrons. The molecule has 96 valence electrons. The van der Waals surface area contributed by atoms with Crippen LogP contribution >= 0.6 is 38.9 Å². The van der Waals surface area contributed by atoms with Gasteiger partial charge in [-0.2, -0.15) is 13.2 Å². The number of hydrogen-bond acceptors (Lipinski definition) is 2. The maximum Gasteiger partial charge on any atom is 0.417 e. The van der Waals surface area contributed by atoms with Crippen molar-refractivity contribution in [3.63, 3.8) is 0 Å². The second kappa shape index (κ2) is 5.19. The molecule has 1 aromatic heterocycles. The number of thiazole rings is 1. The van der Waals surface area contributed by atoms with E-state index in [9.17, 15) is 13.2 Å². The number of halogens is 5. The van der Waals surface area contributed by atoms with Crippen LogP contribution in [0, 0.1) is 0 Å². The van der Waals surface area contributed by atoms with Gasteiger partial charge in [-0.05, 0) is 12.1 Å². The Balaban J connectivity index is 2.56. The van der Waals surface area contributed by atoms with E-state index < -0.39 is 11.7 Å². The minimum Gasteiger partial charge on any atom is -0.244 e. The minimum absolute atomic E-state index is 0.0760. The maximum absolute atomic E-state index is 12.9. The number of rotatable bonds is 2. The van der Waals surface area contributed by atoms with E-state index in [4.69, 9.17) is 11.6 Å². The summed E-state index contributed by atoms with van der Waals surface area (Å²) in [4.78, 5) is 4.72. The van der Waals surface area contributed by atoms with Gasteiger partial charge >= 0.3 is 6.18 Å². The number of nitrogens with zero attached hydrogens (tertiary/aromatic N) is 1. The zero-order valence-corrected chi connectivity index (χ0v) is 11.9. The predicted octanol–water partition coefficient (Wildman–Crippen LogP) is 5.33. The van der Waals surface area contributed by atoms with Crippen molar-refractivity contribution in [1.29, 1.82) is 0 Å². The van der Waals surface area contributed by atoms with E-state index >= 15 is 0 Å². The van der Waals surface area contributed by atoms with Crippen molar-refractivity contribution < 1.29 is 13.2 Å². The second-order valence-corrected chi connectivity index (χ2v) is 5.75. The molecule has 0 saturated heterocycles. The van der Waals surface area contributed by atoms with Crippen LogP contribution in [0.2, 0.25) is 0 Å². The lowest BCUT2D eigenvalue weighted by Gasteiger charge is -2.11. The first-order chi connectivity index (χ1) is 8.41. The topological polar surface area (TPSA) is 12.9 Å². The molecule has 1 nitrogen and oxygen atoms in total. The Kier molecular flexibility index (Phi) is 3.99. The normalized spacial score (nSPS) is 11.8. The van der Waals surface area contributed by atoms with Gasteiger partial charge in [-0.3, -0.25) is 0 Å². The van der Waals surface area contributed by atoms with Crippen molar-refractivity contribution in [2.75, 3.05) is 0 Å². The minimum atomic E-state index is -4.41. The Hall–Kier alpha value is -0.590. The molecule has 0 saturated carbocycles. The molecule has 2 rings (SSSR count). The molecule has 1 heterocycles. The standard InChI is InChI=1S/C11H6BrClF3NS/c12-6-1-2-8(9(3-6)11(14,15)16)10-17-5-7(4-13)18-10/h1-3,5H,4H2. The fraction of sp³-hybridized carbons (Fsp3) is 0.182. The smallest absolute Gasteiger partial charge is 0.244 e. The average molecular weight is 357 g/mol. The quantitative estimate of drug-likeness (QED) is 0.663. The molecule has 0 spiro atoms. The molecule has 0 unspecified atom stereocenters. The van der Waals surface area contributed by atoms with Crippen molar-refractivity contribution >= 4 is 38.9 Å². The molecular formula is C11H6BrClF3NS. The predicted molar refractivity (Wildman–Crippen MR) is 69.8 cm³/mol. The van der Waals surface area contributed by atoms with Gasteiger partial charge in [-0.1, -0.05) is 22.0 Å². The molecule has 0 aliphatic rings. The van der Waals surface area contributed by atoms with Crippen LogP contribution in [0.15, 0.2) is 28.9 Å². The highest BCUT2D eigenvalue weighted by Crippen LogP contribution is 2.39. The first-order valence-corrected chi connectivity index (χ1v) is 6.94. The monoisotopic (exact) mass is 355 g/mol. The van der Waals surface area contributed by atoms with Crippen molar-refractivity contribution in [1.82, 2.24) is 4.98 Å². The maximum atomic E-state index is 12.9. The lowest BCUT2D eigenvalue weighted by Crippen LogP contribution is -2.07. The van der Waals surface area contributed by atoms with Gasteiger partial charge in [0.15, 0.2) is 0 Å². The van der Waals surface area contributed by atoms with Crippen LogP contribution in [0.5, 0.6) is 0 Å². The molecule has 1 aromatic carbocycles. The van der Waals surface area contributed by atoms with Crippen molar-refractivity contribution in [2.45, 2.75) is 12.1 Å². The summed E-state index contributed by atoms with van der Waals surface area (Å²) in [6.45, 7) is 0. The Labute approximate surface area is 119 Å². The molecule has 0 aliphatic heterocycles. The number of benzene rings is 1. The molecule has 0 amide bonds. The highest BCUT2D eigenvalue weighted by molar-refractivity contribution is 9.10. The fourth-order valence-electron chi connectivity index (χ4n) is 1.43. The third kappa shape index (κ3) is 2.87. The van der Waals surface area contributed by atoms with Gasteiger partial charge in [0.25, 0.3) is 0 Å². The summed E-state index contributed by atoms with van der Waals surface area (Å²) in [5, 5.41) is 0.325. The van der Waals surface area contributed by atoms with Crippen LogP contribution in [0.3, 0.4) is 0 Å². The third-order valence-corrected chi connectivity index (χ3v) is 4.17. The van der Waals surface area contributed by atoms with Gasteiger partial charge in [0.2, 0.25) is 0 Å². The van der Waals surface area contributed by atoms with E-state index in [1.54, 1.807) is 6.07 Å². The van der Waals surface area contributed by atoms with E-state index in [2.05, 4.69) is 20.9 Å². The van der Waals surface area contributed by atoms with E-state index in [0.29, 0.717) is 9.48 Å². The lowest BCUT2D eigenvalue weighted by atomic mass is 10.1. The summed E-state index contributed by atoms with van der Waals surface area (Å²) in [5.41, 5.74) is -0.626. The van der Waals surface area contributed by atoms with Crippen LogP contribution in [-0.4, -0.2) is 4.98 Å². The van der Waals surface area contributed by atoms with E-state index in [-0.39, 0.29) is 11.4 Å². The summed E-state index contributed by atoms with van der Waals surface area (Å²) in [5.74, 6) is 0.246. The highest BCUT2D eigenvalue weighted by atomic mass is 79.9.